The lowest BCUT2D eigenvalue weighted by Crippen LogP contribution is -2.30. The number of esters is 3. The van der Waals surface area contributed by atoms with Crippen LogP contribution in [0.2, 0.25) is 0 Å². The Labute approximate surface area is 457 Å². The van der Waals surface area contributed by atoms with Gasteiger partial charge in [-0.3, -0.25) is 14.4 Å². The lowest BCUT2D eigenvalue weighted by molar-refractivity contribution is -0.167. The molecule has 0 fully saturated rings. The number of rotatable bonds is 56. The molecule has 6 nitrogen and oxygen atoms in total. The minimum absolute atomic E-state index is 0.0822. The molecule has 0 saturated heterocycles. The van der Waals surface area contributed by atoms with Crippen LogP contribution in [0.3, 0.4) is 0 Å². The van der Waals surface area contributed by atoms with Crippen LogP contribution in [0.5, 0.6) is 0 Å². The largest absolute Gasteiger partial charge is 0.462 e. The van der Waals surface area contributed by atoms with Gasteiger partial charge in [-0.25, -0.2) is 0 Å². The average molecular weight is 1030 g/mol. The molecule has 0 amide bonds. The van der Waals surface area contributed by atoms with Gasteiger partial charge >= 0.3 is 17.9 Å². The quantitative estimate of drug-likeness (QED) is 0.0261. The van der Waals surface area contributed by atoms with Gasteiger partial charge in [-0.2, -0.15) is 0 Å². The molecule has 0 aliphatic rings. The van der Waals surface area contributed by atoms with Crippen molar-refractivity contribution >= 4 is 17.9 Å². The van der Waals surface area contributed by atoms with Crippen molar-refractivity contribution in [2.45, 2.75) is 303 Å². The third-order valence-corrected chi connectivity index (χ3v) is 13.4. The molecule has 1 unspecified atom stereocenters. The van der Waals surface area contributed by atoms with Crippen LogP contribution in [-0.4, -0.2) is 37.2 Å². The van der Waals surface area contributed by atoms with Crippen LogP contribution < -0.4 is 0 Å². The highest BCUT2D eigenvalue weighted by Crippen LogP contribution is 2.16. The van der Waals surface area contributed by atoms with Crippen molar-refractivity contribution in [2.75, 3.05) is 13.2 Å². The number of ether oxygens (including phenoxy) is 3. The van der Waals surface area contributed by atoms with Crippen molar-refractivity contribution in [1.82, 2.24) is 0 Å². The van der Waals surface area contributed by atoms with Gasteiger partial charge in [-0.1, -0.05) is 291 Å². The number of unbranched alkanes of at least 4 members (excludes halogenated alkanes) is 29. The zero-order chi connectivity index (χ0) is 53.6. The Kier molecular flexibility index (Phi) is 58.8. The van der Waals surface area contributed by atoms with Crippen LogP contribution >= 0.6 is 0 Å². The molecule has 0 aromatic carbocycles. The molecule has 1 atom stereocenters. The molecule has 0 saturated carbocycles. The fourth-order valence-corrected chi connectivity index (χ4v) is 8.69. The molecule has 0 heterocycles. The van der Waals surface area contributed by atoms with Gasteiger partial charge in [0.15, 0.2) is 6.10 Å². The number of carbonyl (C=O) groups excluding carboxylic acids is 3. The summed E-state index contributed by atoms with van der Waals surface area (Å²) in [4.78, 5) is 38.1. The summed E-state index contributed by atoms with van der Waals surface area (Å²) in [5.41, 5.74) is 0. The maximum atomic E-state index is 12.9. The van der Waals surface area contributed by atoms with E-state index in [0.29, 0.717) is 19.3 Å². The Morgan fingerprint density at radius 2 is 0.527 bits per heavy atom. The van der Waals surface area contributed by atoms with E-state index in [0.717, 1.165) is 122 Å². The SMILES string of the molecule is CC/C=C\C/C=C\C/C=C\C/C=C\C/C=C\C/C=C\C/C=C\C/C=C\CCCCCCC(=O)OCC(COC(=O)CCCCCCCCCCC)OC(=O)CCCCCCCCCCCCCCCCCCCC. The summed E-state index contributed by atoms with van der Waals surface area (Å²) in [7, 11) is 0. The van der Waals surface area contributed by atoms with Crippen molar-refractivity contribution in [3.63, 3.8) is 0 Å². The molecule has 0 aromatic heterocycles. The zero-order valence-corrected chi connectivity index (χ0v) is 48.6. The smallest absolute Gasteiger partial charge is 0.306 e. The molecule has 0 N–H and O–H groups in total. The highest BCUT2D eigenvalue weighted by atomic mass is 16.6. The van der Waals surface area contributed by atoms with E-state index in [9.17, 15) is 14.4 Å². The van der Waals surface area contributed by atoms with E-state index in [1.165, 1.54) is 135 Å². The van der Waals surface area contributed by atoms with Crippen LogP contribution in [0.4, 0.5) is 0 Å². The van der Waals surface area contributed by atoms with Crippen molar-refractivity contribution < 1.29 is 28.6 Å². The van der Waals surface area contributed by atoms with Crippen LogP contribution in [-0.2, 0) is 28.6 Å². The van der Waals surface area contributed by atoms with E-state index in [-0.39, 0.29) is 31.1 Å². The normalized spacial score (nSPS) is 12.7. The molecule has 0 aromatic rings. The predicted octanol–water partition coefficient (Wildman–Crippen LogP) is 21.3. The van der Waals surface area contributed by atoms with Gasteiger partial charge in [-0.15, -0.1) is 0 Å². The Balaban J connectivity index is 4.28. The average Bonchev–Trinajstić information content (AvgIpc) is 3.40. The van der Waals surface area contributed by atoms with Gasteiger partial charge in [-0.05, 0) is 83.5 Å². The van der Waals surface area contributed by atoms with Crippen molar-refractivity contribution in [1.29, 1.82) is 0 Å². The van der Waals surface area contributed by atoms with Gasteiger partial charge in [0.05, 0.1) is 0 Å². The van der Waals surface area contributed by atoms with Crippen molar-refractivity contribution in [2.24, 2.45) is 0 Å². The highest BCUT2D eigenvalue weighted by molar-refractivity contribution is 5.71. The van der Waals surface area contributed by atoms with Crippen LogP contribution in [0, 0.1) is 0 Å². The first-order valence-corrected chi connectivity index (χ1v) is 31.2. The maximum Gasteiger partial charge on any atom is 0.306 e. The molecule has 6 heteroatoms. The van der Waals surface area contributed by atoms with Gasteiger partial charge in [0.2, 0.25) is 0 Å². The standard InChI is InChI=1S/C68H116O6/c1-4-7-10-13-16-19-21-23-25-27-29-30-31-32-33-34-35-36-37-38-39-41-42-44-46-49-52-55-58-61-67(70)73-64-65(63-72-66(69)60-57-54-51-48-18-15-12-9-6-3)74-68(71)62-59-56-53-50-47-45-43-40-28-26-24-22-20-17-14-11-8-5-2/h7,10,16,19,23,25,29-30,32-33,35-36,38-39,42,44,65H,4-6,8-9,11-15,17-18,20-22,24,26-28,31,34,37,40-41,43,45-64H2,1-3H3/b10-7-,19-16-,25-23-,30-29-,33-32-,36-35-,39-38-,44-42-. The summed E-state index contributed by atoms with van der Waals surface area (Å²) in [5, 5.41) is 0. The summed E-state index contributed by atoms with van der Waals surface area (Å²) >= 11 is 0. The van der Waals surface area contributed by atoms with Crippen molar-refractivity contribution in [3.8, 4) is 0 Å². The van der Waals surface area contributed by atoms with Crippen LogP contribution in [0.15, 0.2) is 97.2 Å². The Morgan fingerprint density at radius 1 is 0.284 bits per heavy atom. The predicted molar refractivity (Wildman–Crippen MR) is 320 cm³/mol. The second-order valence-electron chi connectivity index (χ2n) is 20.6. The summed E-state index contributed by atoms with van der Waals surface area (Å²) in [6.45, 7) is 6.51. The van der Waals surface area contributed by atoms with Gasteiger partial charge < -0.3 is 14.2 Å². The van der Waals surface area contributed by atoms with E-state index in [1.807, 2.05) is 0 Å². The molecule has 0 spiro atoms. The molecule has 0 radical (unpaired) electrons. The summed E-state index contributed by atoms with van der Waals surface area (Å²) in [5.74, 6) is -0.901. The highest BCUT2D eigenvalue weighted by Gasteiger charge is 2.19. The first-order valence-electron chi connectivity index (χ1n) is 31.2. The Hall–Kier alpha value is -3.67. The summed E-state index contributed by atoms with van der Waals surface area (Å²) < 4.78 is 16.8. The minimum atomic E-state index is -0.785. The molecular weight excluding hydrogens is 913 g/mol. The number of hydrogen-bond acceptors (Lipinski definition) is 6. The molecule has 424 valence electrons. The maximum absolute atomic E-state index is 12.9. The number of allylic oxidation sites excluding steroid dienone is 16. The van der Waals surface area contributed by atoms with Crippen LogP contribution in [0.1, 0.15) is 297 Å². The number of carbonyl (C=O) groups is 3. The molecule has 74 heavy (non-hydrogen) atoms. The fourth-order valence-electron chi connectivity index (χ4n) is 8.69. The van der Waals surface area contributed by atoms with E-state index in [4.69, 9.17) is 14.2 Å². The van der Waals surface area contributed by atoms with Gasteiger partial charge in [0.1, 0.15) is 13.2 Å². The molecule has 0 aliphatic heterocycles. The monoisotopic (exact) mass is 1030 g/mol. The van der Waals surface area contributed by atoms with Crippen molar-refractivity contribution in [3.05, 3.63) is 97.2 Å². The van der Waals surface area contributed by atoms with E-state index in [2.05, 4.69) is 118 Å². The third-order valence-electron chi connectivity index (χ3n) is 13.4. The van der Waals surface area contributed by atoms with E-state index in [1.54, 1.807) is 0 Å². The van der Waals surface area contributed by atoms with E-state index >= 15 is 0 Å². The molecule has 0 rings (SSSR count). The second kappa shape index (κ2) is 61.9. The fraction of sp³-hybridized carbons (Fsp3) is 0.721. The molecule has 0 aliphatic carbocycles. The second-order valence-corrected chi connectivity index (χ2v) is 20.6. The third kappa shape index (κ3) is 59.2. The lowest BCUT2D eigenvalue weighted by Gasteiger charge is -2.18. The molecule has 0 bridgehead atoms. The van der Waals surface area contributed by atoms with Gasteiger partial charge in [0.25, 0.3) is 0 Å². The summed E-state index contributed by atoms with van der Waals surface area (Å²) in [6.07, 6.45) is 82.7. The Bertz CT molecular complexity index is 1460. The summed E-state index contributed by atoms with van der Waals surface area (Å²) in [6, 6.07) is 0. The number of hydrogen-bond donors (Lipinski definition) is 0. The lowest BCUT2D eigenvalue weighted by atomic mass is 10.0. The first-order chi connectivity index (χ1) is 36.5. The van der Waals surface area contributed by atoms with Gasteiger partial charge in [0, 0.05) is 19.3 Å². The Morgan fingerprint density at radius 3 is 0.824 bits per heavy atom. The minimum Gasteiger partial charge on any atom is -0.462 e. The first kappa shape index (κ1) is 70.3. The van der Waals surface area contributed by atoms with Crippen LogP contribution in [0.25, 0.3) is 0 Å². The topological polar surface area (TPSA) is 78.9 Å². The van der Waals surface area contributed by atoms with E-state index < -0.39 is 6.10 Å². The zero-order valence-electron chi connectivity index (χ0n) is 48.6. The molecular formula is C68H116O6.